The van der Waals surface area contributed by atoms with Crippen LogP contribution in [0.25, 0.3) is 0 Å². The first kappa shape index (κ1) is 13.4. The van der Waals surface area contributed by atoms with Crippen molar-refractivity contribution in [2.75, 3.05) is 19.6 Å². The number of alkyl halides is 2. The molecule has 3 heterocycles. The zero-order chi connectivity index (χ0) is 14.6. The molecule has 0 amide bonds. The van der Waals surface area contributed by atoms with Crippen LogP contribution in [-0.2, 0) is 6.54 Å². The molecule has 0 N–H and O–H groups in total. The molecule has 21 heavy (non-hydrogen) atoms. The summed E-state index contributed by atoms with van der Waals surface area (Å²) in [5, 5.41) is 0. The fraction of sp³-hybridized carbons (Fsp3) is 0.688. The Morgan fingerprint density at radius 1 is 1.19 bits per heavy atom. The minimum Gasteiger partial charge on any atom is -0.312 e. The Balaban J connectivity index is 1.48. The maximum Gasteiger partial charge on any atom is 0.250 e. The number of pyridine rings is 1. The fourth-order valence-electron chi connectivity index (χ4n) is 4.42. The molecular formula is C16H20F2N2O. The van der Waals surface area contributed by atoms with Gasteiger partial charge in [-0.1, -0.05) is 6.07 Å². The van der Waals surface area contributed by atoms with E-state index in [0.717, 1.165) is 38.3 Å². The normalized spacial score (nSPS) is 31.5. The van der Waals surface area contributed by atoms with Gasteiger partial charge in [0.2, 0.25) is 5.92 Å². The molecule has 3 aliphatic rings. The van der Waals surface area contributed by atoms with Gasteiger partial charge >= 0.3 is 0 Å². The summed E-state index contributed by atoms with van der Waals surface area (Å²) >= 11 is 0. The molecule has 2 bridgehead atoms. The van der Waals surface area contributed by atoms with Crippen LogP contribution >= 0.6 is 0 Å². The Labute approximate surface area is 122 Å². The van der Waals surface area contributed by atoms with Crippen LogP contribution in [0.4, 0.5) is 8.78 Å². The van der Waals surface area contributed by atoms with Gasteiger partial charge in [-0.25, -0.2) is 8.78 Å². The summed E-state index contributed by atoms with van der Waals surface area (Å²) in [5.74, 6) is -1.41. The molecule has 2 unspecified atom stereocenters. The second-order valence-corrected chi connectivity index (χ2v) is 7.05. The minimum absolute atomic E-state index is 0.0505. The third kappa shape index (κ3) is 2.41. The number of rotatable bonds is 2. The number of halogens is 2. The predicted molar refractivity (Wildman–Crippen MR) is 75.7 cm³/mol. The first-order chi connectivity index (χ1) is 10.00. The molecule has 1 aromatic heterocycles. The van der Waals surface area contributed by atoms with Crippen molar-refractivity contribution >= 4 is 0 Å². The second kappa shape index (κ2) is 4.63. The summed E-state index contributed by atoms with van der Waals surface area (Å²) in [7, 11) is 0. The lowest BCUT2D eigenvalue weighted by Gasteiger charge is -2.45. The van der Waals surface area contributed by atoms with Gasteiger partial charge in [-0.3, -0.25) is 4.79 Å². The van der Waals surface area contributed by atoms with Gasteiger partial charge < -0.3 is 9.47 Å². The molecule has 114 valence electrons. The maximum atomic E-state index is 13.0. The smallest absolute Gasteiger partial charge is 0.250 e. The molecule has 1 aromatic rings. The van der Waals surface area contributed by atoms with E-state index < -0.39 is 5.92 Å². The van der Waals surface area contributed by atoms with E-state index in [1.165, 1.54) is 0 Å². The Morgan fingerprint density at radius 3 is 2.76 bits per heavy atom. The molecule has 5 heteroatoms. The van der Waals surface area contributed by atoms with Gasteiger partial charge in [-0.15, -0.1) is 0 Å². The lowest BCUT2D eigenvalue weighted by molar-refractivity contribution is -0.118. The highest BCUT2D eigenvalue weighted by molar-refractivity contribution is 5.17. The summed E-state index contributed by atoms with van der Waals surface area (Å²) in [6.07, 6.45) is 1.23. The standard InChI is InChI=1S/C16H20F2N2O/c17-16(18)5-12(6-16)8-19-7-11-4-13(10-19)14-2-1-3-15(21)20(14)9-11/h1-3,11-13H,4-10H2. The monoisotopic (exact) mass is 294 g/mol. The van der Waals surface area contributed by atoms with Crippen LogP contribution in [0.5, 0.6) is 0 Å². The van der Waals surface area contributed by atoms with Gasteiger partial charge in [0.15, 0.2) is 0 Å². The van der Waals surface area contributed by atoms with Crippen LogP contribution in [0.3, 0.4) is 0 Å². The molecular weight excluding hydrogens is 274 g/mol. The Morgan fingerprint density at radius 2 is 2.00 bits per heavy atom. The second-order valence-electron chi connectivity index (χ2n) is 7.05. The van der Waals surface area contributed by atoms with E-state index >= 15 is 0 Å². The lowest BCUT2D eigenvalue weighted by Crippen LogP contribution is -2.50. The summed E-state index contributed by atoms with van der Waals surface area (Å²) < 4.78 is 27.8. The van der Waals surface area contributed by atoms with Crippen LogP contribution in [0.2, 0.25) is 0 Å². The maximum absolute atomic E-state index is 13.0. The molecule has 0 spiro atoms. The van der Waals surface area contributed by atoms with Gasteiger partial charge in [0.1, 0.15) is 0 Å². The summed E-state index contributed by atoms with van der Waals surface area (Å²) in [6, 6.07) is 5.50. The average Bonchev–Trinajstić information content (AvgIpc) is 2.38. The van der Waals surface area contributed by atoms with E-state index in [0.29, 0.717) is 11.8 Å². The van der Waals surface area contributed by atoms with Crippen LogP contribution < -0.4 is 5.56 Å². The van der Waals surface area contributed by atoms with Crippen LogP contribution in [0.15, 0.2) is 23.0 Å². The highest BCUT2D eigenvalue weighted by atomic mass is 19.3. The minimum atomic E-state index is -2.42. The SMILES string of the molecule is O=c1cccc2n1CC1CC2CN(CC2CC(F)(F)C2)C1. The van der Waals surface area contributed by atoms with Gasteiger partial charge in [0.25, 0.3) is 5.56 Å². The summed E-state index contributed by atoms with van der Waals surface area (Å²) in [5.41, 5.74) is 1.22. The molecule has 2 fully saturated rings. The van der Waals surface area contributed by atoms with E-state index in [-0.39, 0.29) is 24.3 Å². The van der Waals surface area contributed by atoms with Crippen molar-refractivity contribution in [1.29, 1.82) is 0 Å². The number of hydrogen-bond donors (Lipinski definition) is 0. The van der Waals surface area contributed by atoms with Crippen molar-refractivity contribution in [1.82, 2.24) is 9.47 Å². The topological polar surface area (TPSA) is 25.2 Å². The number of hydrogen-bond acceptors (Lipinski definition) is 2. The van der Waals surface area contributed by atoms with Gasteiger partial charge in [0, 0.05) is 56.7 Å². The van der Waals surface area contributed by atoms with E-state index in [1.54, 1.807) is 6.07 Å². The van der Waals surface area contributed by atoms with Gasteiger partial charge in [-0.05, 0) is 24.3 Å². The lowest BCUT2D eigenvalue weighted by atomic mass is 9.78. The highest BCUT2D eigenvalue weighted by Gasteiger charge is 2.46. The third-order valence-corrected chi connectivity index (χ3v) is 5.25. The number of aromatic nitrogens is 1. The summed E-state index contributed by atoms with van der Waals surface area (Å²) in [6.45, 7) is 3.42. The molecule has 0 aromatic carbocycles. The largest absolute Gasteiger partial charge is 0.312 e. The molecule has 1 saturated heterocycles. The highest BCUT2D eigenvalue weighted by Crippen LogP contribution is 2.44. The van der Waals surface area contributed by atoms with E-state index in [2.05, 4.69) is 4.90 Å². The van der Waals surface area contributed by atoms with Crippen molar-refractivity contribution in [3.8, 4) is 0 Å². The molecule has 1 saturated carbocycles. The molecule has 2 aliphatic heterocycles. The van der Waals surface area contributed by atoms with E-state index in [9.17, 15) is 13.6 Å². The molecule has 1 aliphatic carbocycles. The van der Waals surface area contributed by atoms with E-state index in [1.807, 2.05) is 16.7 Å². The third-order valence-electron chi connectivity index (χ3n) is 5.25. The van der Waals surface area contributed by atoms with Crippen molar-refractivity contribution in [3.05, 3.63) is 34.2 Å². The van der Waals surface area contributed by atoms with Crippen LogP contribution in [-0.4, -0.2) is 35.0 Å². The van der Waals surface area contributed by atoms with Crippen molar-refractivity contribution < 1.29 is 8.78 Å². The number of likely N-dealkylation sites (tertiary alicyclic amines) is 1. The number of piperidine rings is 1. The molecule has 2 atom stereocenters. The fourth-order valence-corrected chi connectivity index (χ4v) is 4.42. The van der Waals surface area contributed by atoms with Crippen LogP contribution in [0, 0.1) is 11.8 Å². The van der Waals surface area contributed by atoms with Crippen molar-refractivity contribution in [2.24, 2.45) is 11.8 Å². The summed E-state index contributed by atoms with van der Waals surface area (Å²) in [4.78, 5) is 14.3. The number of nitrogens with zero attached hydrogens (tertiary/aromatic N) is 2. The first-order valence-electron chi connectivity index (χ1n) is 7.80. The van der Waals surface area contributed by atoms with Crippen molar-refractivity contribution in [3.63, 3.8) is 0 Å². The Kier molecular flexibility index (Phi) is 2.96. The predicted octanol–water partition coefficient (Wildman–Crippen LogP) is 2.31. The number of fused-ring (bicyclic) bond motifs is 4. The first-order valence-corrected chi connectivity index (χ1v) is 7.80. The average molecular weight is 294 g/mol. The molecule has 3 nitrogen and oxygen atoms in total. The van der Waals surface area contributed by atoms with Gasteiger partial charge in [-0.2, -0.15) is 0 Å². The quantitative estimate of drug-likeness (QED) is 0.836. The van der Waals surface area contributed by atoms with Crippen LogP contribution in [0.1, 0.15) is 30.9 Å². The van der Waals surface area contributed by atoms with Gasteiger partial charge in [0.05, 0.1) is 0 Å². The molecule has 4 rings (SSSR count). The zero-order valence-electron chi connectivity index (χ0n) is 12.0. The Hall–Kier alpha value is -1.23. The molecule has 0 radical (unpaired) electrons. The van der Waals surface area contributed by atoms with E-state index in [4.69, 9.17) is 0 Å². The Bertz CT molecular complexity index is 605. The zero-order valence-corrected chi connectivity index (χ0v) is 12.0. The van der Waals surface area contributed by atoms with Crippen molar-refractivity contribution in [2.45, 2.75) is 37.6 Å².